The molecule has 0 unspecified atom stereocenters. The van der Waals surface area contributed by atoms with Gasteiger partial charge in [-0.1, -0.05) is 18.2 Å². The zero-order valence-electron chi connectivity index (χ0n) is 14.5. The molecule has 0 saturated heterocycles. The van der Waals surface area contributed by atoms with Crippen molar-refractivity contribution >= 4 is 5.91 Å². The molecule has 0 heterocycles. The highest BCUT2D eigenvalue weighted by atomic mass is 19.3. The Hall–Kier alpha value is -2.70. The van der Waals surface area contributed by atoms with E-state index in [9.17, 15) is 18.0 Å². The molecule has 0 saturated carbocycles. The molecule has 0 fully saturated rings. The quantitative estimate of drug-likeness (QED) is 0.707. The zero-order valence-corrected chi connectivity index (χ0v) is 14.5. The first-order valence-corrected chi connectivity index (χ1v) is 7.99. The van der Waals surface area contributed by atoms with Gasteiger partial charge in [0.15, 0.2) is 11.6 Å². The lowest BCUT2D eigenvalue weighted by Crippen LogP contribution is -2.26. The molecular weight excluding hydrogens is 347 g/mol. The normalized spacial score (nSPS) is 10.7. The Kier molecular flexibility index (Phi) is 6.89. The van der Waals surface area contributed by atoms with Crippen LogP contribution in [0.2, 0.25) is 0 Å². The maximum atomic E-state index is 13.7. The van der Waals surface area contributed by atoms with Gasteiger partial charge in [0.25, 0.3) is 0 Å². The molecule has 0 aromatic heterocycles. The Labute approximate surface area is 150 Å². The summed E-state index contributed by atoms with van der Waals surface area (Å²) in [6, 6.07) is 10.7. The molecule has 0 aliphatic rings. The van der Waals surface area contributed by atoms with Gasteiger partial charge in [-0.25, -0.2) is 4.39 Å². The molecule has 0 aliphatic carbocycles. The molecule has 0 radical (unpaired) electrons. The van der Waals surface area contributed by atoms with E-state index in [1.807, 2.05) is 0 Å². The topological polar surface area (TPSA) is 38.8 Å². The molecule has 0 aliphatic heterocycles. The van der Waals surface area contributed by atoms with E-state index in [0.29, 0.717) is 18.5 Å². The van der Waals surface area contributed by atoms with Gasteiger partial charge >= 0.3 is 6.61 Å². The van der Waals surface area contributed by atoms with Crippen molar-refractivity contribution < 1.29 is 27.4 Å². The standard InChI is InChI=1S/C19H20F3NO3/c1-23(12-14-3-7-15(8-4-14)26-19(21)22)18(24)10-6-13-5-9-17(25-2)16(20)11-13/h3-5,7-9,11,19H,6,10,12H2,1-2H3. The second kappa shape index (κ2) is 9.12. The molecular formula is C19H20F3NO3. The van der Waals surface area contributed by atoms with Crippen LogP contribution in [0.3, 0.4) is 0 Å². The highest BCUT2D eigenvalue weighted by Gasteiger charge is 2.11. The second-order valence-corrected chi connectivity index (χ2v) is 5.74. The zero-order chi connectivity index (χ0) is 19.1. The van der Waals surface area contributed by atoms with Crippen molar-refractivity contribution in [2.75, 3.05) is 14.2 Å². The van der Waals surface area contributed by atoms with E-state index < -0.39 is 12.4 Å². The fourth-order valence-electron chi connectivity index (χ4n) is 2.45. The Morgan fingerprint density at radius 2 is 1.77 bits per heavy atom. The predicted octanol–water partition coefficient (Wildman–Crippen LogP) is 4.03. The fourth-order valence-corrected chi connectivity index (χ4v) is 2.45. The molecule has 2 aromatic carbocycles. The molecule has 26 heavy (non-hydrogen) atoms. The number of halogens is 3. The van der Waals surface area contributed by atoms with E-state index in [0.717, 1.165) is 5.56 Å². The van der Waals surface area contributed by atoms with Crippen LogP contribution in [0.1, 0.15) is 17.5 Å². The van der Waals surface area contributed by atoms with Gasteiger partial charge in [-0.05, 0) is 41.8 Å². The highest BCUT2D eigenvalue weighted by Crippen LogP contribution is 2.19. The Balaban J connectivity index is 1.86. The van der Waals surface area contributed by atoms with Crippen LogP contribution in [0.15, 0.2) is 42.5 Å². The van der Waals surface area contributed by atoms with Crippen molar-refractivity contribution in [1.29, 1.82) is 0 Å². The molecule has 0 N–H and O–H groups in total. The minimum atomic E-state index is -2.87. The minimum Gasteiger partial charge on any atom is -0.494 e. The van der Waals surface area contributed by atoms with Crippen molar-refractivity contribution in [3.05, 3.63) is 59.4 Å². The third-order valence-electron chi connectivity index (χ3n) is 3.84. The summed E-state index contributed by atoms with van der Waals surface area (Å²) in [5.41, 5.74) is 1.50. The number of hydrogen-bond acceptors (Lipinski definition) is 3. The van der Waals surface area contributed by atoms with Crippen LogP contribution in [0.5, 0.6) is 11.5 Å². The number of hydrogen-bond donors (Lipinski definition) is 0. The van der Waals surface area contributed by atoms with Gasteiger partial charge in [0, 0.05) is 20.0 Å². The van der Waals surface area contributed by atoms with Crippen molar-refractivity contribution in [1.82, 2.24) is 4.90 Å². The number of alkyl halides is 2. The first-order valence-electron chi connectivity index (χ1n) is 7.99. The van der Waals surface area contributed by atoms with Crippen molar-refractivity contribution in [3.8, 4) is 11.5 Å². The van der Waals surface area contributed by atoms with Crippen LogP contribution in [0.4, 0.5) is 13.2 Å². The van der Waals surface area contributed by atoms with E-state index in [1.54, 1.807) is 25.2 Å². The molecule has 4 nitrogen and oxygen atoms in total. The lowest BCUT2D eigenvalue weighted by atomic mass is 10.1. The lowest BCUT2D eigenvalue weighted by Gasteiger charge is -2.17. The van der Waals surface area contributed by atoms with E-state index in [-0.39, 0.29) is 23.8 Å². The average Bonchev–Trinajstić information content (AvgIpc) is 2.61. The first kappa shape index (κ1) is 19.6. The maximum absolute atomic E-state index is 13.7. The molecule has 0 atom stereocenters. The fraction of sp³-hybridized carbons (Fsp3) is 0.316. The number of ether oxygens (including phenoxy) is 2. The molecule has 2 rings (SSSR count). The third kappa shape index (κ3) is 5.68. The van der Waals surface area contributed by atoms with Crippen LogP contribution in [-0.4, -0.2) is 31.6 Å². The van der Waals surface area contributed by atoms with Crippen molar-refractivity contribution in [3.63, 3.8) is 0 Å². The van der Waals surface area contributed by atoms with Crippen LogP contribution >= 0.6 is 0 Å². The largest absolute Gasteiger partial charge is 0.494 e. The van der Waals surface area contributed by atoms with Crippen molar-refractivity contribution in [2.24, 2.45) is 0 Å². The number of nitrogens with zero attached hydrogens (tertiary/aromatic N) is 1. The smallest absolute Gasteiger partial charge is 0.387 e. The van der Waals surface area contributed by atoms with Gasteiger partial charge in [0.2, 0.25) is 5.91 Å². The Morgan fingerprint density at radius 1 is 1.12 bits per heavy atom. The number of carbonyl (C=O) groups excluding carboxylic acids is 1. The summed E-state index contributed by atoms with van der Waals surface area (Å²) in [7, 11) is 3.04. The molecule has 0 spiro atoms. The number of carbonyl (C=O) groups is 1. The van der Waals surface area contributed by atoms with E-state index in [4.69, 9.17) is 4.74 Å². The van der Waals surface area contributed by atoms with Crippen molar-refractivity contribution in [2.45, 2.75) is 26.0 Å². The Morgan fingerprint density at radius 3 is 2.35 bits per heavy atom. The summed E-state index contributed by atoms with van der Waals surface area (Å²) in [4.78, 5) is 13.8. The second-order valence-electron chi connectivity index (χ2n) is 5.74. The van der Waals surface area contributed by atoms with Gasteiger partial charge in [0.1, 0.15) is 5.75 Å². The summed E-state index contributed by atoms with van der Waals surface area (Å²) in [6.45, 7) is -2.53. The van der Waals surface area contributed by atoms with E-state index >= 15 is 0 Å². The average molecular weight is 367 g/mol. The summed E-state index contributed by atoms with van der Waals surface area (Å²) < 4.78 is 47.0. The summed E-state index contributed by atoms with van der Waals surface area (Å²) in [6.07, 6.45) is 0.639. The number of amides is 1. The summed E-state index contributed by atoms with van der Waals surface area (Å²) >= 11 is 0. The first-order chi connectivity index (χ1) is 12.4. The van der Waals surface area contributed by atoms with Gasteiger partial charge in [-0.15, -0.1) is 0 Å². The number of methoxy groups -OCH3 is 1. The van der Waals surface area contributed by atoms with E-state index in [2.05, 4.69) is 4.74 Å². The van der Waals surface area contributed by atoms with Gasteiger partial charge in [0.05, 0.1) is 7.11 Å². The molecule has 0 bridgehead atoms. The molecule has 2 aromatic rings. The third-order valence-corrected chi connectivity index (χ3v) is 3.84. The molecule has 140 valence electrons. The van der Waals surface area contributed by atoms with Crippen LogP contribution in [0, 0.1) is 5.82 Å². The Bertz CT molecular complexity index is 735. The predicted molar refractivity (Wildman–Crippen MR) is 90.8 cm³/mol. The maximum Gasteiger partial charge on any atom is 0.387 e. The van der Waals surface area contributed by atoms with Gasteiger partial charge in [-0.3, -0.25) is 4.79 Å². The highest BCUT2D eigenvalue weighted by molar-refractivity contribution is 5.76. The molecule has 1 amide bonds. The number of aryl methyl sites for hydroxylation is 1. The number of rotatable bonds is 8. The van der Waals surface area contributed by atoms with Crippen LogP contribution in [-0.2, 0) is 17.8 Å². The molecule has 7 heteroatoms. The lowest BCUT2D eigenvalue weighted by molar-refractivity contribution is -0.130. The number of benzene rings is 2. The van der Waals surface area contributed by atoms with E-state index in [1.165, 1.54) is 36.3 Å². The summed E-state index contributed by atoms with van der Waals surface area (Å²) in [5, 5.41) is 0. The van der Waals surface area contributed by atoms with Gasteiger partial charge < -0.3 is 14.4 Å². The SMILES string of the molecule is COc1ccc(CCC(=O)N(C)Cc2ccc(OC(F)F)cc2)cc1F. The van der Waals surface area contributed by atoms with Crippen LogP contribution in [0.25, 0.3) is 0 Å². The van der Waals surface area contributed by atoms with Crippen LogP contribution < -0.4 is 9.47 Å². The van der Waals surface area contributed by atoms with Gasteiger partial charge in [-0.2, -0.15) is 8.78 Å². The monoisotopic (exact) mass is 367 g/mol. The minimum absolute atomic E-state index is 0.0688. The summed E-state index contributed by atoms with van der Waals surface area (Å²) in [5.74, 6) is -0.332.